The minimum atomic E-state index is 0.289. The van der Waals surface area contributed by atoms with Gasteiger partial charge in [-0.3, -0.25) is 4.79 Å². The van der Waals surface area contributed by atoms with E-state index in [4.69, 9.17) is 5.73 Å². The predicted octanol–water partition coefficient (Wildman–Crippen LogP) is 6.85. The SMILES string of the molecule is CCCCCCCCCCCCCCCC(=O)c1ccccc1CCN. The molecule has 0 amide bonds. The van der Waals surface area contributed by atoms with Crippen molar-refractivity contribution in [1.82, 2.24) is 0 Å². The van der Waals surface area contributed by atoms with Gasteiger partial charge in [0.15, 0.2) is 5.78 Å². The highest BCUT2D eigenvalue weighted by molar-refractivity contribution is 5.97. The second kappa shape index (κ2) is 16.1. The number of carbonyl (C=O) groups excluding carboxylic acids is 1. The van der Waals surface area contributed by atoms with E-state index in [1.165, 1.54) is 77.0 Å². The van der Waals surface area contributed by atoms with Crippen LogP contribution in [0.25, 0.3) is 0 Å². The van der Waals surface area contributed by atoms with E-state index >= 15 is 0 Å². The Kier molecular flexibility index (Phi) is 14.1. The Balaban J connectivity index is 1.98. The summed E-state index contributed by atoms with van der Waals surface area (Å²) >= 11 is 0. The third kappa shape index (κ3) is 10.8. The zero-order valence-corrected chi connectivity index (χ0v) is 17.1. The van der Waals surface area contributed by atoms with Crippen molar-refractivity contribution in [3.05, 3.63) is 35.4 Å². The molecule has 0 saturated carbocycles. The zero-order chi connectivity index (χ0) is 18.9. The van der Waals surface area contributed by atoms with E-state index in [1.54, 1.807) is 0 Å². The Morgan fingerprint density at radius 2 is 1.27 bits per heavy atom. The highest BCUT2D eigenvalue weighted by Crippen LogP contribution is 2.16. The molecular weight excluding hydrogens is 318 g/mol. The van der Waals surface area contributed by atoms with Gasteiger partial charge in [0.2, 0.25) is 0 Å². The Bertz CT molecular complexity index is 469. The van der Waals surface area contributed by atoms with E-state index in [2.05, 4.69) is 6.92 Å². The maximum atomic E-state index is 12.4. The van der Waals surface area contributed by atoms with Crippen molar-refractivity contribution >= 4 is 5.78 Å². The van der Waals surface area contributed by atoms with Crippen molar-refractivity contribution < 1.29 is 4.79 Å². The second-order valence-electron chi connectivity index (χ2n) is 7.61. The molecule has 26 heavy (non-hydrogen) atoms. The summed E-state index contributed by atoms with van der Waals surface area (Å²) in [4.78, 5) is 12.4. The van der Waals surface area contributed by atoms with Gasteiger partial charge in [0.25, 0.3) is 0 Å². The number of hydrogen-bond acceptors (Lipinski definition) is 2. The first-order valence-electron chi connectivity index (χ1n) is 11.1. The number of unbranched alkanes of at least 4 members (excludes halogenated alkanes) is 12. The van der Waals surface area contributed by atoms with Crippen molar-refractivity contribution in [2.75, 3.05) is 6.54 Å². The molecule has 0 heterocycles. The highest BCUT2D eigenvalue weighted by Gasteiger charge is 2.09. The van der Waals surface area contributed by atoms with Crippen LogP contribution in [0.4, 0.5) is 0 Å². The number of hydrogen-bond donors (Lipinski definition) is 1. The Labute approximate surface area is 162 Å². The van der Waals surface area contributed by atoms with Crippen molar-refractivity contribution in [3.63, 3.8) is 0 Å². The van der Waals surface area contributed by atoms with Crippen molar-refractivity contribution in [2.45, 2.75) is 103 Å². The van der Waals surface area contributed by atoms with Gasteiger partial charge in [-0.15, -0.1) is 0 Å². The average Bonchev–Trinajstić information content (AvgIpc) is 2.66. The van der Waals surface area contributed by atoms with Gasteiger partial charge in [-0.05, 0) is 24.9 Å². The fraction of sp³-hybridized carbons (Fsp3) is 0.708. The quantitative estimate of drug-likeness (QED) is 0.244. The molecule has 0 atom stereocenters. The molecule has 0 aromatic heterocycles. The van der Waals surface area contributed by atoms with E-state index in [1.807, 2.05) is 24.3 Å². The Morgan fingerprint density at radius 1 is 0.769 bits per heavy atom. The number of carbonyl (C=O) groups is 1. The summed E-state index contributed by atoms with van der Waals surface area (Å²) in [7, 11) is 0. The van der Waals surface area contributed by atoms with E-state index in [9.17, 15) is 4.79 Å². The highest BCUT2D eigenvalue weighted by atomic mass is 16.1. The van der Waals surface area contributed by atoms with Gasteiger partial charge in [-0.25, -0.2) is 0 Å². The standard InChI is InChI=1S/C24H41NO/c1-2-3-4-5-6-7-8-9-10-11-12-13-14-19-24(26)23-18-16-15-17-22(23)20-21-25/h15-18H,2-14,19-21,25H2,1H3. The predicted molar refractivity (Wildman–Crippen MR) is 114 cm³/mol. The minimum Gasteiger partial charge on any atom is -0.330 e. The summed E-state index contributed by atoms with van der Waals surface area (Å²) < 4.78 is 0. The number of benzene rings is 1. The second-order valence-corrected chi connectivity index (χ2v) is 7.61. The number of nitrogens with two attached hydrogens (primary N) is 1. The van der Waals surface area contributed by atoms with Gasteiger partial charge in [0, 0.05) is 12.0 Å². The third-order valence-electron chi connectivity index (χ3n) is 5.24. The van der Waals surface area contributed by atoms with Crippen molar-refractivity contribution in [2.24, 2.45) is 5.73 Å². The molecule has 1 rings (SSSR count). The summed E-state index contributed by atoms with van der Waals surface area (Å²) in [6, 6.07) is 7.93. The summed E-state index contributed by atoms with van der Waals surface area (Å²) in [6.07, 6.45) is 18.9. The Hall–Kier alpha value is -1.15. The maximum Gasteiger partial charge on any atom is 0.163 e. The van der Waals surface area contributed by atoms with Gasteiger partial charge >= 0.3 is 0 Å². The van der Waals surface area contributed by atoms with Crippen LogP contribution in [0.5, 0.6) is 0 Å². The first-order valence-corrected chi connectivity index (χ1v) is 11.1. The first-order chi connectivity index (χ1) is 12.8. The van der Waals surface area contributed by atoms with E-state index in [0.29, 0.717) is 13.0 Å². The average molecular weight is 360 g/mol. The smallest absolute Gasteiger partial charge is 0.163 e. The molecule has 0 bridgehead atoms. The van der Waals surface area contributed by atoms with E-state index in [0.717, 1.165) is 24.0 Å². The molecule has 2 nitrogen and oxygen atoms in total. The van der Waals surface area contributed by atoms with Crippen LogP contribution in [0, 0.1) is 0 Å². The number of Topliss-reactive ketones (excluding diaryl/α,β-unsaturated/α-hetero) is 1. The third-order valence-corrected chi connectivity index (χ3v) is 5.24. The van der Waals surface area contributed by atoms with Crippen molar-refractivity contribution in [1.29, 1.82) is 0 Å². The lowest BCUT2D eigenvalue weighted by atomic mass is 9.97. The van der Waals surface area contributed by atoms with Gasteiger partial charge in [0.05, 0.1) is 0 Å². The molecule has 148 valence electrons. The summed E-state index contributed by atoms with van der Waals surface area (Å²) in [5, 5.41) is 0. The molecule has 2 N–H and O–H groups in total. The summed E-state index contributed by atoms with van der Waals surface area (Å²) in [5.74, 6) is 0.289. The molecular formula is C24H41NO. The van der Waals surface area contributed by atoms with Crippen LogP contribution in [0.1, 0.15) is 113 Å². The minimum absolute atomic E-state index is 0.289. The molecule has 1 aromatic carbocycles. The van der Waals surface area contributed by atoms with Gasteiger partial charge in [-0.1, -0.05) is 108 Å². The van der Waals surface area contributed by atoms with Gasteiger partial charge in [0.1, 0.15) is 0 Å². The fourth-order valence-corrected chi connectivity index (χ4v) is 3.60. The van der Waals surface area contributed by atoms with E-state index in [-0.39, 0.29) is 5.78 Å². The lowest BCUT2D eigenvalue weighted by Crippen LogP contribution is -2.09. The zero-order valence-electron chi connectivity index (χ0n) is 17.1. The lowest BCUT2D eigenvalue weighted by molar-refractivity contribution is 0.0978. The van der Waals surface area contributed by atoms with Gasteiger partial charge in [-0.2, -0.15) is 0 Å². The van der Waals surface area contributed by atoms with Crippen LogP contribution in [-0.2, 0) is 6.42 Å². The van der Waals surface area contributed by atoms with Crippen LogP contribution >= 0.6 is 0 Å². The monoisotopic (exact) mass is 359 g/mol. The Morgan fingerprint density at radius 3 is 1.81 bits per heavy atom. The molecule has 0 spiro atoms. The topological polar surface area (TPSA) is 43.1 Å². The molecule has 2 heteroatoms. The summed E-state index contributed by atoms with van der Waals surface area (Å²) in [5.41, 5.74) is 7.64. The van der Waals surface area contributed by atoms with Gasteiger partial charge < -0.3 is 5.73 Å². The molecule has 0 saturated heterocycles. The molecule has 0 fully saturated rings. The first kappa shape index (κ1) is 22.9. The van der Waals surface area contributed by atoms with Crippen molar-refractivity contribution in [3.8, 4) is 0 Å². The largest absolute Gasteiger partial charge is 0.330 e. The number of ketones is 1. The van der Waals surface area contributed by atoms with E-state index < -0.39 is 0 Å². The number of rotatable bonds is 17. The molecule has 0 radical (unpaired) electrons. The molecule has 0 unspecified atom stereocenters. The molecule has 1 aromatic rings. The lowest BCUT2D eigenvalue weighted by Gasteiger charge is -2.07. The van der Waals surface area contributed by atoms with Crippen LogP contribution < -0.4 is 5.73 Å². The summed E-state index contributed by atoms with van der Waals surface area (Å²) in [6.45, 7) is 2.87. The molecule has 0 aliphatic carbocycles. The normalized spacial score (nSPS) is 11.0. The van der Waals surface area contributed by atoms with Crippen LogP contribution in [-0.4, -0.2) is 12.3 Å². The van der Waals surface area contributed by atoms with Crippen LogP contribution in [0.15, 0.2) is 24.3 Å². The maximum absolute atomic E-state index is 12.4. The molecule has 0 aliphatic heterocycles. The van der Waals surface area contributed by atoms with Crippen LogP contribution in [0.2, 0.25) is 0 Å². The molecule has 0 aliphatic rings. The fourth-order valence-electron chi connectivity index (χ4n) is 3.60. The van der Waals surface area contributed by atoms with Crippen LogP contribution in [0.3, 0.4) is 0 Å².